The molecule has 0 radical (unpaired) electrons. The van der Waals surface area contributed by atoms with Crippen molar-refractivity contribution in [1.82, 2.24) is 4.90 Å². The molecule has 2 saturated heterocycles. The molecule has 0 aromatic heterocycles. The first kappa shape index (κ1) is 12.8. The molecule has 4 atom stereocenters. The molecule has 0 aromatic rings. The highest BCUT2D eigenvalue weighted by Crippen LogP contribution is 2.27. The van der Waals surface area contributed by atoms with Crippen LogP contribution in [-0.2, 0) is 9.53 Å². The van der Waals surface area contributed by atoms with Gasteiger partial charge in [0, 0.05) is 12.6 Å². The van der Waals surface area contributed by atoms with Gasteiger partial charge in [0.15, 0.2) is 0 Å². The number of carbonyl (C=O) groups excluding carboxylic acids is 1. The summed E-state index contributed by atoms with van der Waals surface area (Å²) in [5, 5.41) is 0. The summed E-state index contributed by atoms with van der Waals surface area (Å²) in [6.07, 6.45) is 3.33. The van der Waals surface area contributed by atoms with Crippen LogP contribution in [-0.4, -0.2) is 42.6 Å². The highest BCUT2D eigenvalue weighted by molar-refractivity contribution is 5.79. The molecule has 17 heavy (non-hydrogen) atoms. The van der Waals surface area contributed by atoms with Crippen LogP contribution in [0.5, 0.6) is 0 Å². The van der Waals surface area contributed by atoms with Gasteiger partial charge in [-0.2, -0.15) is 0 Å². The molecule has 2 aliphatic heterocycles. The fraction of sp³-hybridized carbons (Fsp3) is 0.923. The summed E-state index contributed by atoms with van der Waals surface area (Å²) < 4.78 is 5.49. The zero-order chi connectivity index (χ0) is 12.4. The number of ether oxygens (including phenoxy) is 1. The molecule has 2 fully saturated rings. The lowest BCUT2D eigenvalue weighted by molar-refractivity contribution is -0.139. The molecule has 4 unspecified atom stereocenters. The van der Waals surface area contributed by atoms with Crippen LogP contribution in [0.4, 0.5) is 0 Å². The number of nitrogens with two attached hydrogens (primary N) is 1. The molecule has 4 heteroatoms. The average Bonchev–Trinajstić information content (AvgIpc) is 2.76. The molecule has 0 spiro atoms. The van der Waals surface area contributed by atoms with Crippen LogP contribution in [0.3, 0.4) is 0 Å². The molecule has 2 aliphatic rings. The number of carbonyl (C=O) groups is 1. The van der Waals surface area contributed by atoms with E-state index in [0.717, 1.165) is 25.8 Å². The summed E-state index contributed by atoms with van der Waals surface area (Å²) in [4.78, 5) is 14.5. The van der Waals surface area contributed by atoms with E-state index in [1.165, 1.54) is 0 Å². The second kappa shape index (κ2) is 5.36. The maximum Gasteiger partial charge on any atom is 0.228 e. The van der Waals surface area contributed by atoms with E-state index in [2.05, 4.69) is 6.92 Å². The molecular formula is C13H24N2O2. The van der Waals surface area contributed by atoms with Gasteiger partial charge in [-0.15, -0.1) is 0 Å². The largest absolute Gasteiger partial charge is 0.378 e. The number of hydrogen-bond donors (Lipinski definition) is 1. The minimum atomic E-state index is 0.0731. The molecule has 0 aliphatic carbocycles. The van der Waals surface area contributed by atoms with Crippen molar-refractivity contribution < 1.29 is 9.53 Å². The zero-order valence-electron chi connectivity index (χ0n) is 10.9. The SMILES string of the molecule is CC1CC(C(=O)N2CC(CN)CCC2C)CO1. The number of rotatable bonds is 2. The smallest absolute Gasteiger partial charge is 0.228 e. The van der Waals surface area contributed by atoms with Crippen LogP contribution >= 0.6 is 0 Å². The van der Waals surface area contributed by atoms with Crippen molar-refractivity contribution in [2.45, 2.75) is 45.3 Å². The standard InChI is InChI=1S/C13H24N2O2/c1-9-3-4-11(6-14)7-15(9)13(16)12-5-10(2)17-8-12/h9-12H,3-8,14H2,1-2H3. The van der Waals surface area contributed by atoms with Gasteiger partial charge >= 0.3 is 0 Å². The fourth-order valence-electron chi connectivity index (χ4n) is 2.91. The first-order valence-electron chi connectivity index (χ1n) is 6.74. The Morgan fingerprint density at radius 2 is 2.18 bits per heavy atom. The number of amides is 1. The topological polar surface area (TPSA) is 55.6 Å². The predicted octanol–water partition coefficient (Wildman–Crippen LogP) is 0.997. The van der Waals surface area contributed by atoms with E-state index >= 15 is 0 Å². The van der Waals surface area contributed by atoms with E-state index in [1.54, 1.807) is 0 Å². The van der Waals surface area contributed by atoms with Crippen LogP contribution in [0.15, 0.2) is 0 Å². The van der Waals surface area contributed by atoms with E-state index in [-0.39, 0.29) is 17.9 Å². The maximum atomic E-state index is 12.4. The second-order valence-corrected chi connectivity index (χ2v) is 5.60. The Hall–Kier alpha value is -0.610. The molecule has 0 saturated carbocycles. The molecule has 0 aromatic carbocycles. The third-order valence-electron chi connectivity index (χ3n) is 4.14. The number of hydrogen-bond acceptors (Lipinski definition) is 3. The molecule has 1 amide bonds. The van der Waals surface area contributed by atoms with Crippen molar-refractivity contribution in [3.8, 4) is 0 Å². The Bertz CT molecular complexity index is 283. The monoisotopic (exact) mass is 240 g/mol. The van der Waals surface area contributed by atoms with Gasteiger partial charge in [0.25, 0.3) is 0 Å². The van der Waals surface area contributed by atoms with Crippen molar-refractivity contribution in [2.75, 3.05) is 19.7 Å². The molecule has 4 nitrogen and oxygen atoms in total. The summed E-state index contributed by atoms with van der Waals surface area (Å²) in [5.74, 6) is 0.832. The van der Waals surface area contributed by atoms with Gasteiger partial charge in [-0.3, -0.25) is 4.79 Å². The van der Waals surface area contributed by atoms with Crippen molar-refractivity contribution >= 4 is 5.91 Å². The van der Waals surface area contributed by atoms with Gasteiger partial charge in [-0.1, -0.05) is 0 Å². The van der Waals surface area contributed by atoms with Crippen molar-refractivity contribution in [2.24, 2.45) is 17.6 Å². The predicted molar refractivity (Wildman–Crippen MR) is 66.5 cm³/mol. The highest BCUT2D eigenvalue weighted by atomic mass is 16.5. The number of likely N-dealkylation sites (tertiary alicyclic amines) is 1. The van der Waals surface area contributed by atoms with E-state index in [9.17, 15) is 4.79 Å². The Morgan fingerprint density at radius 3 is 2.76 bits per heavy atom. The molecule has 2 heterocycles. The molecular weight excluding hydrogens is 216 g/mol. The Balaban J connectivity index is 1.97. The van der Waals surface area contributed by atoms with E-state index in [1.807, 2.05) is 11.8 Å². The summed E-state index contributed by atoms with van der Waals surface area (Å²) in [6.45, 7) is 6.30. The van der Waals surface area contributed by atoms with Crippen LogP contribution in [0.1, 0.15) is 33.1 Å². The van der Waals surface area contributed by atoms with Crippen LogP contribution < -0.4 is 5.73 Å². The van der Waals surface area contributed by atoms with E-state index < -0.39 is 0 Å². The normalized spacial score (nSPS) is 38.4. The average molecular weight is 240 g/mol. The second-order valence-electron chi connectivity index (χ2n) is 5.60. The first-order chi connectivity index (χ1) is 8.11. The van der Waals surface area contributed by atoms with Gasteiger partial charge in [0.1, 0.15) is 0 Å². The number of nitrogens with zero attached hydrogens (tertiary/aromatic N) is 1. The quantitative estimate of drug-likeness (QED) is 0.783. The lowest BCUT2D eigenvalue weighted by Gasteiger charge is -2.38. The van der Waals surface area contributed by atoms with Gasteiger partial charge in [0.2, 0.25) is 5.91 Å². The third kappa shape index (κ3) is 2.80. The third-order valence-corrected chi connectivity index (χ3v) is 4.14. The number of piperidine rings is 1. The van der Waals surface area contributed by atoms with E-state index in [4.69, 9.17) is 10.5 Å². The summed E-state index contributed by atoms with van der Waals surface area (Å²) >= 11 is 0. The first-order valence-corrected chi connectivity index (χ1v) is 6.74. The highest BCUT2D eigenvalue weighted by Gasteiger charge is 2.35. The zero-order valence-corrected chi connectivity index (χ0v) is 10.9. The van der Waals surface area contributed by atoms with Crippen molar-refractivity contribution in [3.05, 3.63) is 0 Å². The van der Waals surface area contributed by atoms with E-state index in [0.29, 0.717) is 25.1 Å². The molecule has 0 bridgehead atoms. The summed E-state index contributed by atoms with van der Waals surface area (Å²) in [6, 6.07) is 0.362. The van der Waals surface area contributed by atoms with Crippen molar-refractivity contribution in [1.29, 1.82) is 0 Å². The Morgan fingerprint density at radius 1 is 1.41 bits per heavy atom. The van der Waals surface area contributed by atoms with Crippen LogP contribution in [0.25, 0.3) is 0 Å². The summed E-state index contributed by atoms with van der Waals surface area (Å²) in [5.41, 5.74) is 5.72. The lowest BCUT2D eigenvalue weighted by atomic mass is 9.92. The van der Waals surface area contributed by atoms with Gasteiger partial charge in [0.05, 0.1) is 18.6 Å². The Kier molecular flexibility index (Phi) is 4.05. The molecule has 2 rings (SSSR count). The maximum absolute atomic E-state index is 12.4. The minimum Gasteiger partial charge on any atom is -0.378 e. The lowest BCUT2D eigenvalue weighted by Crippen LogP contribution is -2.49. The fourth-order valence-corrected chi connectivity index (χ4v) is 2.91. The minimum absolute atomic E-state index is 0.0731. The summed E-state index contributed by atoms with van der Waals surface area (Å²) in [7, 11) is 0. The van der Waals surface area contributed by atoms with Gasteiger partial charge < -0.3 is 15.4 Å². The van der Waals surface area contributed by atoms with Gasteiger partial charge in [-0.05, 0) is 45.6 Å². The molecule has 98 valence electrons. The van der Waals surface area contributed by atoms with Gasteiger partial charge in [-0.25, -0.2) is 0 Å². The Labute approximate surface area is 103 Å². The van der Waals surface area contributed by atoms with Crippen LogP contribution in [0, 0.1) is 11.8 Å². The van der Waals surface area contributed by atoms with Crippen LogP contribution in [0.2, 0.25) is 0 Å². The molecule has 2 N–H and O–H groups in total. The van der Waals surface area contributed by atoms with Crippen molar-refractivity contribution in [3.63, 3.8) is 0 Å².